The first-order valence-electron chi connectivity index (χ1n) is 6.66. The summed E-state index contributed by atoms with van der Waals surface area (Å²) in [5.41, 5.74) is 1.37. The summed E-state index contributed by atoms with van der Waals surface area (Å²) in [5.74, 6) is 0.0102. The van der Waals surface area contributed by atoms with Gasteiger partial charge in [0, 0.05) is 23.8 Å². The van der Waals surface area contributed by atoms with Gasteiger partial charge in [-0.1, -0.05) is 34.1 Å². The van der Waals surface area contributed by atoms with Crippen LogP contribution in [0.1, 0.15) is 17.3 Å². The van der Waals surface area contributed by atoms with Gasteiger partial charge in [-0.15, -0.1) is 0 Å². The van der Waals surface area contributed by atoms with Crippen molar-refractivity contribution < 1.29 is 13.9 Å². The normalized spacial score (nSPS) is 23.2. The van der Waals surface area contributed by atoms with E-state index in [4.69, 9.17) is 9.15 Å². The van der Waals surface area contributed by atoms with E-state index < -0.39 is 0 Å². The van der Waals surface area contributed by atoms with Crippen LogP contribution in [-0.4, -0.2) is 41.4 Å². The van der Waals surface area contributed by atoms with Crippen molar-refractivity contribution in [3.05, 3.63) is 36.1 Å². The van der Waals surface area contributed by atoms with Gasteiger partial charge in [-0.25, -0.2) is 0 Å². The molecule has 0 bridgehead atoms. The molecule has 2 aromatic rings. The van der Waals surface area contributed by atoms with Crippen LogP contribution in [0.15, 0.2) is 34.9 Å². The lowest BCUT2D eigenvalue weighted by atomic mass is 10.1. The number of carbonyl (C=O) groups is 1. The third kappa shape index (κ3) is 2.47. The van der Waals surface area contributed by atoms with Crippen molar-refractivity contribution in [2.75, 3.05) is 18.4 Å². The second-order valence-corrected chi connectivity index (χ2v) is 5.73. The molecular weight excluding hydrogens is 322 g/mol. The number of rotatable bonds is 2. The topological polar surface area (TPSA) is 42.7 Å². The molecule has 0 saturated carbocycles. The first-order valence-corrected chi connectivity index (χ1v) is 7.78. The maximum absolute atomic E-state index is 12.7. The summed E-state index contributed by atoms with van der Waals surface area (Å²) < 4.78 is 11.2. The molecule has 2 atom stereocenters. The van der Waals surface area contributed by atoms with Gasteiger partial charge in [0.05, 0.1) is 17.8 Å². The van der Waals surface area contributed by atoms with Gasteiger partial charge in [0.1, 0.15) is 11.8 Å². The second kappa shape index (κ2) is 5.58. The van der Waals surface area contributed by atoms with Gasteiger partial charge in [-0.3, -0.25) is 4.79 Å². The molecule has 106 valence electrons. The molecule has 1 aliphatic heterocycles. The second-order valence-electron chi connectivity index (χ2n) is 5.08. The minimum atomic E-state index is 0.0102. The van der Waals surface area contributed by atoms with Crippen molar-refractivity contribution >= 4 is 32.8 Å². The fourth-order valence-electron chi connectivity index (χ4n) is 2.61. The van der Waals surface area contributed by atoms with Crippen molar-refractivity contribution in [3.8, 4) is 0 Å². The van der Waals surface area contributed by atoms with Crippen LogP contribution in [0.2, 0.25) is 0 Å². The number of alkyl halides is 1. The number of halogens is 1. The highest BCUT2D eigenvalue weighted by atomic mass is 79.9. The Morgan fingerprint density at radius 2 is 2.20 bits per heavy atom. The number of hydrogen-bond acceptors (Lipinski definition) is 3. The molecule has 2 heterocycles. The fourth-order valence-corrected chi connectivity index (χ4v) is 2.97. The first kappa shape index (κ1) is 13.6. The SMILES string of the molecule is CC1CN(C(=O)c2coc3ccccc23)CC(CBr)O1. The zero-order valence-electron chi connectivity index (χ0n) is 11.2. The summed E-state index contributed by atoms with van der Waals surface area (Å²) in [4.78, 5) is 14.5. The molecule has 4 nitrogen and oxygen atoms in total. The average molecular weight is 338 g/mol. The quantitative estimate of drug-likeness (QED) is 0.791. The molecule has 0 radical (unpaired) electrons. The Balaban J connectivity index is 1.88. The third-order valence-corrected chi connectivity index (χ3v) is 4.22. The summed E-state index contributed by atoms with van der Waals surface area (Å²) in [6.45, 7) is 3.21. The van der Waals surface area contributed by atoms with Crippen LogP contribution in [-0.2, 0) is 4.74 Å². The molecule has 0 aliphatic carbocycles. The lowest BCUT2D eigenvalue weighted by Gasteiger charge is -2.36. The largest absolute Gasteiger partial charge is 0.463 e. The number of furan rings is 1. The molecule has 5 heteroatoms. The van der Waals surface area contributed by atoms with Crippen LogP contribution >= 0.6 is 15.9 Å². The highest BCUT2D eigenvalue weighted by Gasteiger charge is 2.29. The fraction of sp³-hybridized carbons (Fsp3) is 0.400. The summed E-state index contributed by atoms with van der Waals surface area (Å²) in [5, 5.41) is 1.60. The van der Waals surface area contributed by atoms with Crippen LogP contribution < -0.4 is 0 Å². The number of ether oxygens (including phenoxy) is 1. The molecule has 1 amide bonds. The van der Waals surface area contributed by atoms with Gasteiger partial charge in [0.25, 0.3) is 5.91 Å². The van der Waals surface area contributed by atoms with Crippen molar-refractivity contribution in [1.82, 2.24) is 4.90 Å². The minimum Gasteiger partial charge on any atom is -0.463 e. The van der Waals surface area contributed by atoms with Crippen LogP contribution in [0, 0.1) is 0 Å². The maximum atomic E-state index is 12.7. The number of fused-ring (bicyclic) bond motifs is 1. The molecule has 1 aliphatic rings. The Hall–Kier alpha value is -1.33. The highest BCUT2D eigenvalue weighted by Crippen LogP contribution is 2.24. The summed E-state index contributed by atoms with van der Waals surface area (Å²) in [7, 11) is 0. The van der Waals surface area contributed by atoms with E-state index in [1.54, 1.807) is 6.26 Å². The van der Waals surface area contributed by atoms with Gasteiger partial charge >= 0.3 is 0 Å². The molecule has 1 fully saturated rings. The number of para-hydroxylation sites is 1. The van der Waals surface area contributed by atoms with E-state index >= 15 is 0 Å². The molecule has 0 N–H and O–H groups in total. The van der Waals surface area contributed by atoms with E-state index in [0.717, 1.165) is 16.3 Å². The Morgan fingerprint density at radius 1 is 1.40 bits per heavy atom. The Morgan fingerprint density at radius 3 is 3.00 bits per heavy atom. The maximum Gasteiger partial charge on any atom is 0.257 e. The van der Waals surface area contributed by atoms with Crippen molar-refractivity contribution in [3.63, 3.8) is 0 Å². The molecule has 20 heavy (non-hydrogen) atoms. The zero-order chi connectivity index (χ0) is 14.1. The van der Waals surface area contributed by atoms with E-state index in [2.05, 4.69) is 15.9 Å². The summed E-state index contributed by atoms with van der Waals surface area (Å²) in [6, 6.07) is 7.60. The smallest absolute Gasteiger partial charge is 0.257 e. The predicted molar refractivity (Wildman–Crippen MR) is 80.2 cm³/mol. The number of benzene rings is 1. The molecule has 0 spiro atoms. The molecule has 2 unspecified atom stereocenters. The lowest BCUT2D eigenvalue weighted by molar-refractivity contribution is -0.0559. The molecule has 1 aromatic carbocycles. The van der Waals surface area contributed by atoms with E-state index in [0.29, 0.717) is 18.7 Å². The standard InChI is InChI=1S/C15H16BrNO3/c1-10-7-17(8-11(6-16)20-10)15(18)13-9-19-14-5-3-2-4-12(13)14/h2-5,9-11H,6-8H2,1H3. The Labute approximate surface area is 125 Å². The predicted octanol–water partition coefficient (Wildman–Crippen LogP) is 3.06. The first-order chi connectivity index (χ1) is 9.69. The van der Waals surface area contributed by atoms with Crippen LogP contribution in [0.25, 0.3) is 11.0 Å². The van der Waals surface area contributed by atoms with E-state index in [9.17, 15) is 4.79 Å². The van der Waals surface area contributed by atoms with Gasteiger partial charge in [0.15, 0.2) is 0 Å². The summed E-state index contributed by atoms with van der Waals surface area (Å²) in [6.07, 6.45) is 1.64. The van der Waals surface area contributed by atoms with Crippen molar-refractivity contribution in [2.45, 2.75) is 19.1 Å². The van der Waals surface area contributed by atoms with Gasteiger partial charge in [-0.2, -0.15) is 0 Å². The van der Waals surface area contributed by atoms with Crippen LogP contribution in [0.3, 0.4) is 0 Å². The molecule has 1 saturated heterocycles. The number of carbonyl (C=O) groups excluding carboxylic acids is 1. The van der Waals surface area contributed by atoms with E-state index in [-0.39, 0.29) is 18.1 Å². The van der Waals surface area contributed by atoms with Crippen molar-refractivity contribution in [2.24, 2.45) is 0 Å². The third-order valence-electron chi connectivity index (χ3n) is 3.50. The average Bonchev–Trinajstić information content (AvgIpc) is 2.89. The number of nitrogens with zero attached hydrogens (tertiary/aromatic N) is 1. The van der Waals surface area contributed by atoms with Gasteiger partial charge in [0.2, 0.25) is 0 Å². The Kier molecular flexibility index (Phi) is 3.81. The summed E-state index contributed by atoms with van der Waals surface area (Å²) >= 11 is 3.42. The van der Waals surface area contributed by atoms with Gasteiger partial charge < -0.3 is 14.1 Å². The van der Waals surface area contributed by atoms with Crippen molar-refractivity contribution in [1.29, 1.82) is 0 Å². The zero-order valence-corrected chi connectivity index (χ0v) is 12.8. The lowest BCUT2D eigenvalue weighted by Crippen LogP contribution is -2.49. The monoisotopic (exact) mass is 337 g/mol. The number of morpholine rings is 1. The number of hydrogen-bond donors (Lipinski definition) is 0. The molecule has 1 aromatic heterocycles. The number of amides is 1. The Bertz CT molecular complexity index is 624. The van der Waals surface area contributed by atoms with E-state index in [1.165, 1.54) is 0 Å². The minimum absolute atomic E-state index is 0.0102. The van der Waals surface area contributed by atoms with E-state index in [1.807, 2.05) is 36.1 Å². The van der Waals surface area contributed by atoms with Crippen LogP contribution in [0.4, 0.5) is 0 Å². The highest BCUT2D eigenvalue weighted by molar-refractivity contribution is 9.09. The molecule has 3 rings (SSSR count). The van der Waals surface area contributed by atoms with Gasteiger partial charge in [-0.05, 0) is 13.0 Å². The van der Waals surface area contributed by atoms with Crippen LogP contribution in [0.5, 0.6) is 0 Å². The molecular formula is C15H16BrNO3.